The summed E-state index contributed by atoms with van der Waals surface area (Å²) in [6, 6.07) is 15.9. The average Bonchev–Trinajstić information content (AvgIpc) is 3.08. The molecule has 3 N–H and O–H groups in total. The highest BCUT2D eigenvalue weighted by Gasteiger charge is 2.43. The molecular weight excluding hydrogens is 434 g/mol. The smallest absolute Gasteiger partial charge is 0.407 e. The summed E-state index contributed by atoms with van der Waals surface area (Å²) in [4.78, 5) is 35.2. The second-order valence-electron chi connectivity index (χ2n) is 8.55. The fourth-order valence-corrected chi connectivity index (χ4v) is 4.46. The molecule has 174 valence electrons. The van der Waals surface area contributed by atoms with Crippen LogP contribution in [0.3, 0.4) is 0 Å². The molecule has 1 saturated carbocycles. The summed E-state index contributed by atoms with van der Waals surface area (Å²) in [5, 5.41) is 13.1. The molecule has 0 saturated heterocycles. The van der Waals surface area contributed by atoms with Crippen LogP contribution < -0.4 is 10.6 Å². The number of alkyl halides is 2. The van der Waals surface area contributed by atoms with E-state index in [-0.39, 0.29) is 18.9 Å². The van der Waals surface area contributed by atoms with Crippen molar-refractivity contribution < 1.29 is 33.0 Å². The van der Waals surface area contributed by atoms with Crippen molar-refractivity contribution in [3.8, 4) is 11.1 Å². The lowest BCUT2D eigenvalue weighted by atomic mass is 9.74. The summed E-state index contributed by atoms with van der Waals surface area (Å²) in [5.41, 5.74) is 3.47. The monoisotopic (exact) mass is 458 g/mol. The van der Waals surface area contributed by atoms with E-state index < -0.39 is 36.0 Å². The van der Waals surface area contributed by atoms with E-state index in [0.29, 0.717) is 12.8 Å². The lowest BCUT2D eigenvalue weighted by molar-refractivity contribution is -0.164. The molecule has 2 aliphatic rings. The van der Waals surface area contributed by atoms with Gasteiger partial charge in [0.05, 0.1) is 12.1 Å². The van der Waals surface area contributed by atoms with Gasteiger partial charge in [-0.2, -0.15) is 8.78 Å². The van der Waals surface area contributed by atoms with Crippen LogP contribution in [-0.4, -0.2) is 47.7 Å². The summed E-state index contributed by atoms with van der Waals surface area (Å²) < 4.78 is 31.9. The van der Waals surface area contributed by atoms with Crippen LogP contribution in [0.25, 0.3) is 11.1 Å². The van der Waals surface area contributed by atoms with Crippen molar-refractivity contribution in [1.29, 1.82) is 0 Å². The second-order valence-corrected chi connectivity index (χ2v) is 8.55. The third-order valence-corrected chi connectivity index (χ3v) is 6.34. The number of halogens is 2. The molecule has 0 spiro atoms. The van der Waals surface area contributed by atoms with Gasteiger partial charge in [-0.1, -0.05) is 48.5 Å². The Labute approximate surface area is 189 Å². The van der Waals surface area contributed by atoms with Crippen LogP contribution in [0.1, 0.15) is 42.7 Å². The topological polar surface area (TPSA) is 105 Å². The molecule has 0 aromatic heterocycles. The Bertz CT molecular complexity index is 1040. The van der Waals surface area contributed by atoms with E-state index in [1.807, 2.05) is 53.8 Å². The van der Waals surface area contributed by atoms with Gasteiger partial charge < -0.3 is 20.5 Å². The number of hydrogen-bond donors (Lipinski definition) is 3. The zero-order valence-corrected chi connectivity index (χ0v) is 17.8. The number of ether oxygens (including phenoxy) is 1. The molecule has 9 heteroatoms. The summed E-state index contributed by atoms with van der Waals surface area (Å²) in [7, 11) is 0. The van der Waals surface area contributed by atoms with E-state index in [1.165, 1.54) is 0 Å². The van der Waals surface area contributed by atoms with Crippen LogP contribution in [0.5, 0.6) is 0 Å². The van der Waals surface area contributed by atoms with E-state index in [0.717, 1.165) is 28.7 Å². The summed E-state index contributed by atoms with van der Waals surface area (Å²) >= 11 is 0. The van der Waals surface area contributed by atoms with Crippen molar-refractivity contribution in [2.24, 2.45) is 0 Å². The molecule has 2 aliphatic carbocycles. The van der Waals surface area contributed by atoms with Crippen LogP contribution in [0.2, 0.25) is 0 Å². The van der Waals surface area contributed by atoms with Gasteiger partial charge in [-0.15, -0.1) is 0 Å². The minimum atomic E-state index is -4.05. The molecule has 7 nitrogen and oxygen atoms in total. The Hall–Kier alpha value is -3.49. The summed E-state index contributed by atoms with van der Waals surface area (Å²) in [5.74, 6) is -7.22. The van der Waals surface area contributed by atoms with Crippen molar-refractivity contribution in [3.63, 3.8) is 0 Å². The van der Waals surface area contributed by atoms with Crippen LogP contribution in [0.4, 0.5) is 13.6 Å². The predicted octanol–water partition coefficient (Wildman–Crippen LogP) is 3.67. The molecule has 0 atom stereocenters. The maximum Gasteiger partial charge on any atom is 0.407 e. The SMILES string of the molecule is O=C(CC1(NC(=O)OCC2c3ccccc3-c3ccccc32)CCC1)NCC(F)(F)C(=O)O. The Kier molecular flexibility index (Phi) is 6.05. The minimum Gasteiger partial charge on any atom is -0.477 e. The lowest BCUT2D eigenvalue weighted by Gasteiger charge is -2.41. The number of carbonyl (C=O) groups excluding carboxylic acids is 2. The number of alkyl carbamates (subject to hydrolysis) is 1. The number of aliphatic carboxylic acids is 1. The van der Waals surface area contributed by atoms with Gasteiger partial charge in [0, 0.05) is 12.3 Å². The number of carbonyl (C=O) groups is 3. The predicted molar refractivity (Wildman–Crippen MR) is 115 cm³/mol. The van der Waals surface area contributed by atoms with Gasteiger partial charge in [0.25, 0.3) is 0 Å². The zero-order chi connectivity index (χ0) is 23.6. The van der Waals surface area contributed by atoms with E-state index in [4.69, 9.17) is 9.84 Å². The molecule has 0 radical (unpaired) electrons. The highest BCUT2D eigenvalue weighted by atomic mass is 19.3. The maximum atomic E-state index is 13.2. The fourth-order valence-electron chi connectivity index (χ4n) is 4.46. The molecule has 2 aromatic carbocycles. The molecule has 2 amide bonds. The molecule has 33 heavy (non-hydrogen) atoms. The van der Waals surface area contributed by atoms with Gasteiger partial charge in [0.2, 0.25) is 5.91 Å². The molecule has 0 bridgehead atoms. The first-order valence-electron chi connectivity index (χ1n) is 10.7. The van der Waals surface area contributed by atoms with Gasteiger partial charge in [0.15, 0.2) is 0 Å². The van der Waals surface area contributed by atoms with Gasteiger partial charge in [0.1, 0.15) is 6.61 Å². The number of rotatable bonds is 8. The normalized spacial score (nSPS) is 16.2. The first-order valence-corrected chi connectivity index (χ1v) is 10.7. The van der Waals surface area contributed by atoms with Crippen LogP contribution in [0, 0.1) is 0 Å². The van der Waals surface area contributed by atoms with Crippen molar-refractivity contribution in [2.45, 2.75) is 43.1 Å². The average molecular weight is 458 g/mol. The van der Waals surface area contributed by atoms with Crippen molar-refractivity contribution >= 4 is 18.0 Å². The highest BCUT2D eigenvalue weighted by molar-refractivity contribution is 5.81. The highest BCUT2D eigenvalue weighted by Crippen LogP contribution is 2.44. The van der Waals surface area contributed by atoms with Gasteiger partial charge in [-0.3, -0.25) is 4.79 Å². The van der Waals surface area contributed by atoms with Gasteiger partial charge in [-0.25, -0.2) is 9.59 Å². The molecule has 1 fully saturated rings. The quantitative estimate of drug-likeness (QED) is 0.560. The molecular formula is C24H24F2N2O5. The molecule has 0 aliphatic heterocycles. The largest absolute Gasteiger partial charge is 0.477 e. The third-order valence-electron chi connectivity index (χ3n) is 6.34. The number of carboxylic acids is 1. The second kappa shape index (κ2) is 8.80. The van der Waals surface area contributed by atoms with Gasteiger partial charge >= 0.3 is 18.0 Å². The molecule has 2 aromatic rings. The molecule has 0 unspecified atom stereocenters. The van der Waals surface area contributed by atoms with Gasteiger partial charge in [-0.05, 0) is 41.5 Å². The van der Waals surface area contributed by atoms with Crippen molar-refractivity contribution in [1.82, 2.24) is 10.6 Å². The van der Waals surface area contributed by atoms with Crippen molar-refractivity contribution in [2.75, 3.05) is 13.2 Å². The number of hydrogen-bond acceptors (Lipinski definition) is 4. The van der Waals surface area contributed by atoms with E-state index in [2.05, 4.69) is 5.32 Å². The Balaban J connectivity index is 1.35. The molecule has 0 heterocycles. The van der Waals surface area contributed by atoms with Crippen LogP contribution in [0.15, 0.2) is 48.5 Å². The van der Waals surface area contributed by atoms with E-state index in [9.17, 15) is 23.2 Å². The van der Waals surface area contributed by atoms with Crippen LogP contribution in [-0.2, 0) is 14.3 Å². The Morgan fingerprint density at radius 1 is 1.03 bits per heavy atom. The number of carboxylic acid groups (broad SMARTS) is 1. The molecule has 4 rings (SSSR count). The third kappa shape index (κ3) is 4.67. The Morgan fingerprint density at radius 3 is 2.12 bits per heavy atom. The number of nitrogens with one attached hydrogen (secondary N) is 2. The van der Waals surface area contributed by atoms with E-state index >= 15 is 0 Å². The maximum absolute atomic E-state index is 13.2. The first-order chi connectivity index (χ1) is 15.7. The lowest BCUT2D eigenvalue weighted by Crippen LogP contribution is -2.56. The fraction of sp³-hybridized carbons (Fsp3) is 0.375. The number of fused-ring (bicyclic) bond motifs is 3. The van der Waals surface area contributed by atoms with E-state index in [1.54, 1.807) is 0 Å². The zero-order valence-electron chi connectivity index (χ0n) is 17.8. The number of amides is 2. The standard InChI is InChI=1S/C24H24F2N2O5/c25-24(26,21(30)31)14-27-20(29)12-23(10-5-11-23)28-22(32)33-13-19-17-8-3-1-6-15(17)16-7-2-4-9-18(16)19/h1-4,6-9,19H,5,10-14H2,(H,27,29)(H,28,32)(H,30,31). The minimum absolute atomic E-state index is 0.109. The van der Waals surface area contributed by atoms with Crippen molar-refractivity contribution in [3.05, 3.63) is 59.7 Å². The summed E-state index contributed by atoms with van der Waals surface area (Å²) in [6.07, 6.45) is 0.856. The first kappa shape index (κ1) is 22.7. The Morgan fingerprint density at radius 2 is 1.61 bits per heavy atom. The van der Waals surface area contributed by atoms with Crippen LogP contribution >= 0.6 is 0 Å². The summed E-state index contributed by atoms with van der Waals surface area (Å²) in [6.45, 7) is -1.19. The number of benzene rings is 2.